The Kier molecular flexibility index (Phi) is 8.04. The summed E-state index contributed by atoms with van der Waals surface area (Å²) in [5.74, 6) is 0.752. The van der Waals surface area contributed by atoms with Crippen LogP contribution >= 0.6 is 46.7 Å². The zero-order valence-corrected chi connectivity index (χ0v) is 17.0. The zero-order chi connectivity index (χ0) is 15.2. The molecule has 2 heterocycles. The van der Waals surface area contributed by atoms with Crippen LogP contribution in [-0.2, 0) is 13.1 Å². The fraction of sp³-hybridized carbons (Fsp3) is 0.462. The summed E-state index contributed by atoms with van der Waals surface area (Å²) < 4.78 is 0. The van der Waals surface area contributed by atoms with Gasteiger partial charge in [0.05, 0.1) is 18.8 Å². The van der Waals surface area contributed by atoms with E-state index < -0.39 is 0 Å². The summed E-state index contributed by atoms with van der Waals surface area (Å²) in [6, 6.07) is 0. The maximum atomic E-state index is 4.53. The highest BCUT2D eigenvalue weighted by Crippen LogP contribution is 2.17. The van der Waals surface area contributed by atoms with Crippen LogP contribution in [0.25, 0.3) is 0 Å². The summed E-state index contributed by atoms with van der Waals surface area (Å²) in [4.78, 5) is 16.3. The molecule has 2 N–H and O–H groups in total. The number of thiazole rings is 2. The van der Waals surface area contributed by atoms with Crippen molar-refractivity contribution in [3.63, 3.8) is 0 Å². The largest absolute Gasteiger partial charge is 0.354 e. The van der Waals surface area contributed by atoms with Crippen LogP contribution < -0.4 is 15.5 Å². The highest BCUT2D eigenvalue weighted by molar-refractivity contribution is 14.0. The molecule has 6 nitrogen and oxygen atoms in total. The molecule has 0 unspecified atom stereocenters. The van der Waals surface area contributed by atoms with Gasteiger partial charge in [-0.15, -0.1) is 46.7 Å². The highest BCUT2D eigenvalue weighted by Gasteiger charge is 2.05. The molecular formula is C13H21IN6S2. The van der Waals surface area contributed by atoms with Gasteiger partial charge in [-0.05, 0) is 6.92 Å². The number of guanidine groups is 1. The first kappa shape index (κ1) is 19.1. The van der Waals surface area contributed by atoms with Gasteiger partial charge >= 0.3 is 0 Å². The number of aryl methyl sites for hydroxylation is 1. The molecule has 9 heteroatoms. The van der Waals surface area contributed by atoms with Gasteiger partial charge in [0.15, 0.2) is 11.1 Å². The van der Waals surface area contributed by atoms with Gasteiger partial charge in [-0.25, -0.2) is 9.97 Å². The minimum atomic E-state index is 0. The maximum Gasteiger partial charge on any atom is 0.191 e. The van der Waals surface area contributed by atoms with Gasteiger partial charge in [-0.3, -0.25) is 4.99 Å². The van der Waals surface area contributed by atoms with Crippen molar-refractivity contribution in [1.29, 1.82) is 0 Å². The lowest BCUT2D eigenvalue weighted by Gasteiger charge is -2.10. The predicted molar refractivity (Wildman–Crippen MR) is 106 cm³/mol. The number of aliphatic imine (C=N–C) groups is 1. The van der Waals surface area contributed by atoms with Crippen molar-refractivity contribution in [3.8, 4) is 0 Å². The fourth-order valence-corrected chi connectivity index (χ4v) is 3.11. The molecule has 0 saturated heterocycles. The Labute approximate surface area is 156 Å². The Balaban J connectivity index is 0.00000242. The molecule has 0 amide bonds. The molecular weight excluding hydrogens is 431 g/mol. The van der Waals surface area contributed by atoms with Crippen molar-refractivity contribution in [1.82, 2.24) is 20.6 Å². The molecule has 0 aliphatic rings. The molecule has 0 saturated carbocycles. The number of hydrogen-bond acceptors (Lipinski definition) is 6. The van der Waals surface area contributed by atoms with E-state index in [4.69, 9.17) is 0 Å². The van der Waals surface area contributed by atoms with E-state index in [0.29, 0.717) is 13.1 Å². The SMILES string of the molecule is CN=C(NCc1csc(N(C)C)n1)NCc1ncc(C)s1.I. The Morgan fingerprint density at radius 3 is 2.59 bits per heavy atom. The van der Waals surface area contributed by atoms with E-state index in [-0.39, 0.29) is 24.0 Å². The van der Waals surface area contributed by atoms with Crippen molar-refractivity contribution in [2.24, 2.45) is 4.99 Å². The van der Waals surface area contributed by atoms with E-state index in [1.54, 1.807) is 29.7 Å². The Morgan fingerprint density at radius 2 is 2.05 bits per heavy atom. The van der Waals surface area contributed by atoms with E-state index in [9.17, 15) is 0 Å². The second-order valence-electron chi connectivity index (χ2n) is 4.66. The van der Waals surface area contributed by atoms with Crippen molar-refractivity contribution < 1.29 is 0 Å². The van der Waals surface area contributed by atoms with Gasteiger partial charge in [0.25, 0.3) is 0 Å². The van der Waals surface area contributed by atoms with Crippen molar-refractivity contribution in [2.45, 2.75) is 20.0 Å². The van der Waals surface area contributed by atoms with Gasteiger partial charge in [-0.2, -0.15) is 0 Å². The molecule has 2 aromatic heterocycles. The average molecular weight is 452 g/mol. The van der Waals surface area contributed by atoms with Crippen LogP contribution in [0.5, 0.6) is 0 Å². The quantitative estimate of drug-likeness (QED) is 0.415. The molecule has 0 aromatic carbocycles. The molecule has 122 valence electrons. The van der Waals surface area contributed by atoms with Crippen LogP contribution in [0.15, 0.2) is 16.6 Å². The van der Waals surface area contributed by atoms with Crippen molar-refractivity contribution in [3.05, 3.63) is 27.2 Å². The molecule has 0 aliphatic carbocycles. The zero-order valence-electron chi connectivity index (χ0n) is 13.1. The molecule has 2 rings (SSSR count). The van der Waals surface area contributed by atoms with Gasteiger partial charge in [0.1, 0.15) is 5.01 Å². The van der Waals surface area contributed by atoms with Crippen LogP contribution in [0.4, 0.5) is 5.13 Å². The highest BCUT2D eigenvalue weighted by atomic mass is 127. The number of anilines is 1. The number of nitrogens with one attached hydrogen (secondary N) is 2. The first-order valence-electron chi connectivity index (χ1n) is 6.56. The molecule has 0 radical (unpaired) electrons. The lowest BCUT2D eigenvalue weighted by molar-refractivity contribution is 0.794. The number of nitrogens with zero attached hydrogens (tertiary/aromatic N) is 4. The summed E-state index contributed by atoms with van der Waals surface area (Å²) in [5, 5.41) is 10.6. The third-order valence-corrected chi connectivity index (χ3v) is 4.63. The van der Waals surface area contributed by atoms with Crippen LogP contribution in [0.2, 0.25) is 0 Å². The summed E-state index contributed by atoms with van der Waals surface area (Å²) >= 11 is 3.32. The van der Waals surface area contributed by atoms with E-state index in [2.05, 4.69) is 37.9 Å². The maximum absolute atomic E-state index is 4.53. The third-order valence-electron chi connectivity index (χ3n) is 2.66. The topological polar surface area (TPSA) is 65.4 Å². The number of rotatable bonds is 5. The van der Waals surface area contributed by atoms with Crippen LogP contribution in [0.3, 0.4) is 0 Å². The molecule has 0 fully saturated rings. The van der Waals surface area contributed by atoms with E-state index in [1.165, 1.54) is 4.88 Å². The Morgan fingerprint density at radius 1 is 1.32 bits per heavy atom. The second kappa shape index (κ2) is 9.26. The van der Waals surface area contributed by atoms with E-state index in [1.807, 2.05) is 25.2 Å². The molecule has 0 atom stereocenters. The Hall–Kier alpha value is -0.940. The van der Waals surface area contributed by atoms with E-state index >= 15 is 0 Å². The third kappa shape index (κ3) is 5.69. The monoisotopic (exact) mass is 452 g/mol. The number of hydrogen-bond donors (Lipinski definition) is 2. The summed E-state index contributed by atoms with van der Waals surface area (Å²) in [7, 11) is 5.74. The number of aromatic nitrogens is 2. The van der Waals surface area contributed by atoms with E-state index in [0.717, 1.165) is 21.8 Å². The molecule has 0 aliphatic heterocycles. The predicted octanol–water partition coefficient (Wildman–Crippen LogP) is 2.46. The summed E-state index contributed by atoms with van der Waals surface area (Å²) in [6.07, 6.45) is 1.88. The standard InChI is InChI=1S/C13H20N6S2.HI/c1-9-5-15-11(21-9)7-17-12(14-2)16-6-10-8-20-13(18-10)19(3)4;/h5,8H,6-7H2,1-4H3,(H2,14,16,17);1H. The number of halogens is 1. The smallest absolute Gasteiger partial charge is 0.191 e. The molecule has 2 aromatic rings. The summed E-state index contributed by atoms with van der Waals surface area (Å²) in [6.45, 7) is 3.39. The van der Waals surface area contributed by atoms with Crippen LogP contribution in [0.1, 0.15) is 15.6 Å². The van der Waals surface area contributed by atoms with Gasteiger partial charge in [-0.1, -0.05) is 0 Å². The molecule has 0 bridgehead atoms. The van der Waals surface area contributed by atoms with Crippen molar-refractivity contribution in [2.75, 3.05) is 26.0 Å². The Bertz CT molecular complexity index is 607. The van der Waals surface area contributed by atoms with Gasteiger partial charge < -0.3 is 15.5 Å². The minimum Gasteiger partial charge on any atom is -0.354 e. The normalized spacial score (nSPS) is 11.0. The minimum absolute atomic E-state index is 0. The lowest BCUT2D eigenvalue weighted by Crippen LogP contribution is -2.36. The van der Waals surface area contributed by atoms with Gasteiger partial charge in [0.2, 0.25) is 0 Å². The second-order valence-corrected chi connectivity index (χ2v) is 6.82. The van der Waals surface area contributed by atoms with Gasteiger partial charge in [0, 0.05) is 37.6 Å². The summed E-state index contributed by atoms with van der Waals surface area (Å²) in [5.41, 5.74) is 1.01. The van der Waals surface area contributed by atoms with Crippen molar-refractivity contribution >= 4 is 57.7 Å². The molecule has 22 heavy (non-hydrogen) atoms. The average Bonchev–Trinajstić information content (AvgIpc) is 3.08. The molecule has 0 spiro atoms. The van der Waals surface area contributed by atoms with Crippen LogP contribution in [-0.4, -0.2) is 37.1 Å². The first-order chi connectivity index (χ1) is 10.1. The first-order valence-corrected chi connectivity index (χ1v) is 8.25. The lowest BCUT2D eigenvalue weighted by atomic mass is 10.5. The fourth-order valence-electron chi connectivity index (χ4n) is 1.62. The van der Waals surface area contributed by atoms with Crippen LogP contribution in [0, 0.1) is 6.92 Å².